The first-order chi connectivity index (χ1) is 8.25. The summed E-state index contributed by atoms with van der Waals surface area (Å²) in [5, 5.41) is 9.09. The van der Waals surface area contributed by atoms with Gasteiger partial charge in [0.25, 0.3) is 0 Å². The van der Waals surface area contributed by atoms with Crippen molar-refractivity contribution < 1.29 is 14.6 Å². The molecule has 2 aromatic rings. The van der Waals surface area contributed by atoms with Gasteiger partial charge in [0.15, 0.2) is 12.4 Å². The van der Waals surface area contributed by atoms with Crippen molar-refractivity contribution in [3.8, 4) is 11.5 Å². The first kappa shape index (κ1) is 11.2. The number of aromatic hydroxyl groups is 1. The fourth-order valence-electron chi connectivity index (χ4n) is 1.40. The third-order valence-electron chi connectivity index (χ3n) is 2.30. The molecule has 2 aromatic carbocycles. The number of phenols is 1. The van der Waals surface area contributed by atoms with Crippen LogP contribution in [0, 0.1) is 0 Å². The Kier molecular flexibility index (Phi) is 3.40. The van der Waals surface area contributed by atoms with Gasteiger partial charge in [0.1, 0.15) is 11.5 Å². The summed E-state index contributed by atoms with van der Waals surface area (Å²) in [7, 11) is 0. The molecule has 0 aliphatic heterocycles. The van der Waals surface area contributed by atoms with Crippen LogP contribution >= 0.6 is 0 Å². The van der Waals surface area contributed by atoms with Crippen molar-refractivity contribution in [1.29, 1.82) is 0 Å². The lowest BCUT2D eigenvalue weighted by Crippen LogP contribution is -2.11. The zero-order valence-corrected chi connectivity index (χ0v) is 9.17. The van der Waals surface area contributed by atoms with Gasteiger partial charge in [-0.25, -0.2) is 0 Å². The first-order valence-corrected chi connectivity index (χ1v) is 5.26. The molecule has 0 radical (unpaired) electrons. The molecule has 86 valence electrons. The van der Waals surface area contributed by atoms with Gasteiger partial charge in [0.05, 0.1) is 0 Å². The highest BCUT2D eigenvalue weighted by Gasteiger charge is 2.05. The summed E-state index contributed by atoms with van der Waals surface area (Å²) in [4.78, 5) is 11.7. The Balaban J connectivity index is 1.95. The number of Topliss-reactive ketones (excluding diaryl/α,β-unsaturated/α-hetero) is 1. The monoisotopic (exact) mass is 228 g/mol. The van der Waals surface area contributed by atoms with Crippen LogP contribution in [0.5, 0.6) is 11.5 Å². The molecule has 1 N–H and O–H groups in total. The fourth-order valence-corrected chi connectivity index (χ4v) is 1.40. The van der Waals surface area contributed by atoms with Crippen LogP contribution in [0.4, 0.5) is 0 Å². The van der Waals surface area contributed by atoms with E-state index in [0.717, 1.165) is 0 Å². The van der Waals surface area contributed by atoms with E-state index >= 15 is 0 Å². The minimum Gasteiger partial charge on any atom is -0.508 e. The number of ketones is 1. The molecule has 3 heteroatoms. The number of ether oxygens (including phenoxy) is 1. The topological polar surface area (TPSA) is 46.5 Å². The molecule has 0 unspecified atom stereocenters. The molecule has 0 amide bonds. The van der Waals surface area contributed by atoms with Crippen molar-refractivity contribution >= 4 is 5.78 Å². The van der Waals surface area contributed by atoms with Crippen LogP contribution in [0.25, 0.3) is 0 Å². The third kappa shape index (κ3) is 3.08. The third-order valence-corrected chi connectivity index (χ3v) is 2.30. The van der Waals surface area contributed by atoms with E-state index in [4.69, 9.17) is 9.84 Å². The molecule has 0 saturated carbocycles. The van der Waals surface area contributed by atoms with Crippen LogP contribution in [0.3, 0.4) is 0 Å². The van der Waals surface area contributed by atoms with Crippen molar-refractivity contribution in [2.45, 2.75) is 0 Å². The second-order valence-electron chi connectivity index (χ2n) is 3.57. The lowest BCUT2D eigenvalue weighted by Gasteiger charge is -2.05. The maximum Gasteiger partial charge on any atom is 0.200 e. The zero-order valence-electron chi connectivity index (χ0n) is 9.17. The molecule has 2 rings (SSSR count). The minimum atomic E-state index is -0.0707. The van der Waals surface area contributed by atoms with Gasteiger partial charge in [-0.2, -0.15) is 0 Å². The number of phenolic OH excluding ortho intramolecular Hbond substituents is 1. The molecule has 0 fully saturated rings. The summed E-state index contributed by atoms with van der Waals surface area (Å²) in [6.07, 6.45) is 0. The van der Waals surface area contributed by atoms with Crippen molar-refractivity contribution in [2.75, 3.05) is 6.61 Å². The standard InChI is InChI=1S/C14H12O3/c15-12-6-8-13(9-7-12)17-10-14(16)11-4-2-1-3-5-11/h1-9,15H,10H2. The highest BCUT2D eigenvalue weighted by molar-refractivity contribution is 5.97. The minimum absolute atomic E-state index is 0.00517. The predicted octanol–water partition coefficient (Wildman–Crippen LogP) is 2.65. The van der Waals surface area contributed by atoms with Gasteiger partial charge in [-0.05, 0) is 24.3 Å². The SMILES string of the molecule is O=C(COc1ccc(O)cc1)c1ccccc1. The van der Waals surface area contributed by atoms with E-state index in [-0.39, 0.29) is 18.1 Å². The van der Waals surface area contributed by atoms with Crippen LogP contribution in [-0.2, 0) is 0 Å². The lowest BCUT2D eigenvalue weighted by molar-refractivity contribution is 0.0921. The van der Waals surface area contributed by atoms with Crippen molar-refractivity contribution in [3.63, 3.8) is 0 Å². The Hall–Kier alpha value is -2.29. The number of carbonyl (C=O) groups excluding carboxylic acids is 1. The van der Waals surface area contributed by atoms with E-state index in [9.17, 15) is 4.79 Å². The van der Waals surface area contributed by atoms with E-state index in [0.29, 0.717) is 11.3 Å². The van der Waals surface area contributed by atoms with Crippen LogP contribution in [-0.4, -0.2) is 17.5 Å². The highest BCUT2D eigenvalue weighted by Crippen LogP contribution is 2.16. The molecule has 0 bridgehead atoms. The van der Waals surface area contributed by atoms with E-state index in [2.05, 4.69) is 0 Å². The summed E-state index contributed by atoms with van der Waals surface area (Å²) >= 11 is 0. The van der Waals surface area contributed by atoms with E-state index in [1.807, 2.05) is 18.2 Å². The summed E-state index contributed by atoms with van der Waals surface area (Å²) < 4.78 is 5.32. The second kappa shape index (κ2) is 5.16. The molecule has 17 heavy (non-hydrogen) atoms. The molecule has 0 aliphatic rings. The van der Waals surface area contributed by atoms with E-state index < -0.39 is 0 Å². The van der Waals surface area contributed by atoms with Crippen LogP contribution in [0.2, 0.25) is 0 Å². The van der Waals surface area contributed by atoms with Crippen molar-refractivity contribution in [1.82, 2.24) is 0 Å². The predicted molar refractivity (Wildman–Crippen MR) is 64.4 cm³/mol. The van der Waals surface area contributed by atoms with Crippen LogP contribution in [0.15, 0.2) is 54.6 Å². The molecule has 0 saturated heterocycles. The second-order valence-corrected chi connectivity index (χ2v) is 3.57. The summed E-state index contributed by atoms with van der Waals surface area (Å²) in [5.74, 6) is 0.664. The van der Waals surface area contributed by atoms with Gasteiger partial charge in [-0.15, -0.1) is 0 Å². The molecule has 0 aromatic heterocycles. The average molecular weight is 228 g/mol. The van der Waals surface area contributed by atoms with Crippen LogP contribution in [0.1, 0.15) is 10.4 Å². The Morgan fingerprint density at radius 2 is 1.65 bits per heavy atom. The van der Waals surface area contributed by atoms with Crippen molar-refractivity contribution in [3.05, 3.63) is 60.2 Å². The fraction of sp³-hybridized carbons (Fsp3) is 0.0714. The summed E-state index contributed by atoms with van der Waals surface area (Å²) in [5.41, 5.74) is 0.631. The maximum atomic E-state index is 11.7. The Labute approximate surface area is 99.3 Å². The average Bonchev–Trinajstić information content (AvgIpc) is 2.39. The molecule has 0 spiro atoms. The van der Waals surface area contributed by atoms with E-state index in [1.54, 1.807) is 24.3 Å². The number of carbonyl (C=O) groups is 1. The van der Waals surface area contributed by atoms with Gasteiger partial charge in [0, 0.05) is 5.56 Å². The molecular weight excluding hydrogens is 216 g/mol. The molecule has 0 atom stereocenters. The number of rotatable bonds is 4. The largest absolute Gasteiger partial charge is 0.508 e. The summed E-state index contributed by atoms with van der Waals surface area (Å²) in [6, 6.07) is 15.3. The maximum absolute atomic E-state index is 11.7. The smallest absolute Gasteiger partial charge is 0.200 e. The quantitative estimate of drug-likeness (QED) is 0.818. The van der Waals surface area contributed by atoms with Crippen LogP contribution < -0.4 is 4.74 Å². The van der Waals surface area contributed by atoms with Gasteiger partial charge >= 0.3 is 0 Å². The van der Waals surface area contributed by atoms with Gasteiger partial charge in [0.2, 0.25) is 0 Å². The molecule has 0 heterocycles. The lowest BCUT2D eigenvalue weighted by atomic mass is 10.1. The first-order valence-electron chi connectivity index (χ1n) is 5.26. The molecule has 0 aliphatic carbocycles. The Bertz CT molecular complexity index is 489. The zero-order chi connectivity index (χ0) is 12.1. The number of hydrogen-bond acceptors (Lipinski definition) is 3. The number of benzene rings is 2. The van der Waals surface area contributed by atoms with Gasteiger partial charge in [-0.3, -0.25) is 4.79 Å². The van der Waals surface area contributed by atoms with E-state index in [1.165, 1.54) is 12.1 Å². The molecule has 3 nitrogen and oxygen atoms in total. The summed E-state index contributed by atoms with van der Waals surface area (Å²) in [6.45, 7) is -0.00517. The molecular formula is C14H12O3. The normalized spacial score (nSPS) is 9.88. The van der Waals surface area contributed by atoms with Gasteiger partial charge < -0.3 is 9.84 Å². The Morgan fingerprint density at radius 1 is 1.00 bits per heavy atom. The number of hydrogen-bond donors (Lipinski definition) is 1. The Morgan fingerprint density at radius 3 is 2.29 bits per heavy atom. The highest BCUT2D eigenvalue weighted by atomic mass is 16.5. The van der Waals surface area contributed by atoms with Crippen molar-refractivity contribution in [2.24, 2.45) is 0 Å². The van der Waals surface area contributed by atoms with Gasteiger partial charge in [-0.1, -0.05) is 30.3 Å².